The first-order valence-corrected chi connectivity index (χ1v) is 49.4. The Morgan fingerprint density at radius 3 is 1.86 bits per heavy atom. The number of nitrogens with one attached hydrogen (secondary N) is 11. The predicted octanol–water partition coefficient (Wildman–Crippen LogP) is 5.71. The smallest absolute Gasteiger partial charge is 0.326 e. The van der Waals surface area contributed by atoms with Crippen LogP contribution in [0.25, 0.3) is 21.5 Å². The number of likely N-dealkylation sites (tertiary alicyclic amines) is 1. The van der Waals surface area contributed by atoms with Crippen molar-refractivity contribution in [2.75, 3.05) is 51.2 Å². The molecule has 6 atom stereocenters. The molecule has 41 nitrogen and oxygen atoms in total. The number of guanidine groups is 2. The lowest BCUT2D eigenvalue weighted by Crippen LogP contribution is -2.61. The summed E-state index contributed by atoms with van der Waals surface area (Å²) in [4.78, 5) is 109. The Morgan fingerprint density at radius 2 is 1.25 bits per heavy atom. The lowest BCUT2D eigenvalue weighted by Gasteiger charge is -2.33. The number of nitrogens with zero attached hydrogens (tertiary/aromatic N) is 6. The summed E-state index contributed by atoms with van der Waals surface area (Å²) in [6.07, 6.45) is 15.9. The molecule has 0 bridgehead atoms. The minimum atomic E-state index is -5.04. The summed E-state index contributed by atoms with van der Waals surface area (Å²) in [6.45, 7) is 17.9. The van der Waals surface area contributed by atoms with Crippen molar-refractivity contribution in [3.63, 3.8) is 0 Å². The van der Waals surface area contributed by atoms with Crippen LogP contribution in [-0.2, 0) is 104 Å². The van der Waals surface area contributed by atoms with Gasteiger partial charge in [-0.2, -0.15) is 38.2 Å². The van der Waals surface area contributed by atoms with Gasteiger partial charge in [0, 0.05) is 110 Å². The van der Waals surface area contributed by atoms with Gasteiger partial charge in [-0.1, -0.05) is 96.5 Å². The summed E-state index contributed by atoms with van der Waals surface area (Å²) in [5.74, 6) is -5.78. The van der Waals surface area contributed by atoms with Crippen molar-refractivity contribution in [2.45, 2.75) is 238 Å². The number of benzene rings is 5. The number of rotatable bonds is 44. The number of aryl methyl sites for hydroxylation is 2. The highest BCUT2D eigenvalue weighted by Crippen LogP contribution is 2.52. The van der Waals surface area contributed by atoms with E-state index in [1.54, 1.807) is 101 Å². The summed E-state index contributed by atoms with van der Waals surface area (Å²) >= 11 is 0. The molecule has 0 saturated carbocycles. The highest BCUT2D eigenvalue weighted by Gasteiger charge is 2.47. The van der Waals surface area contributed by atoms with Crippen molar-refractivity contribution >= 4 is 138 Å². The lowest BCUT2D eigenvalue weighted by molar-refractivity contribution is -0.401. The number of urea groups is 1. The molecular weight excluding hydrogens is 1800 g/mol. The van der Waals surface area contributed by atoms with E-state index < -0.39 is 154 Å². The molecule has 45 heteroatoms. The van der Waals surface area contributed by atoms with Crippen molar-refractivity contribution < 1.29 is 105 Å². The van der Waals surface area contributed by atoms with E-state index in [2.05, 4.69) is 58.2 Å². The van der Waals surface area contributed by atoms with Crippen molar-refractivity contribution in [2.24, 2.45) is 22.8 Å². The van der Waals surface area contributed by atoms with E-state index in [1.807, 2.05) is 43.2 Å². The normalized spacial score (nSPS) is 16.5. The van der Waals surface area contributed by atoms with Gasteiger partial charge in [-0.05, 0) is 185 Å². The average molecular weight is 1930 g/mol. The fraction of sp³-hybridized carbons (Fsp3) is 0.489. The van der Waals surface area contributed by atoms with E-state index in [0.717, 1.165) is 12.1 Å². The quantitative estimate of drug-likeness (QED) is 0.00544. The number of anilines is 1. The number of carbonyl (C=O) groups is 8. The highest BCUT2D eigenvalue weighted by atomic mass is 32.2. The summed E-state index contributed by atoms with van der Waals surface area (Å²) in [7, 11) is -18.2. The van der Waals surface area contributed by atoms with Gasteiger partial charge in [-0.15, -0.1) is 5.10 Å². The Kier molecular flexibility index (Phi) is 35.0. The van der Waals surface area contributed by atoms with Gasteiger partial charge in [0.25, 0.3) is 40.5 Å². The van der Waals surface area contributed by atoms with E-state index in [4.69, 9.17) is 22.3 Å². The third-order valence-corrected chi connectivity index (χ3v) is 26.9. The fourth-order valence-corrected chi connectivity index (χ4v) is 19.6. The van der Waals surface area contributed by atoms with Crippen molar-refractivity contribution in [3.05, 3.63) is 137 Å². The van der Waals surface area contributed by atoms with Gasteiger partial charge in [-0.25, -0.2) is 9.59 Å². The molecule has 1 saturated heterocycles. The van der Waals surface area contributed by atoms with Gasteiger partial charge in [0.05, 0.1) is 26.9 Å². The molecule has 133 heavy (non-hydrogen) atoms. The molecule has 3 aliphatic heterocycles. The molecule has 0 spiro atoms. The molecule has 0 radical (unpaired) electrons. The standard InChI is InChI=1S/C88H121N19O22S4/c1-52(2)45-65(82(115)116)99-80(113)76(86(3,4)5)100-78(111)64(46-53-30-32-55(108)33-31-53)98-79(112)68-26-21-44-107(68)81(114)63(25-20-39-94-83(90)91)97-77(110)62(89)24-19-40-95-84(92)101-85(117)96-38-17-16-23-54-51-105(103-102-54)42-22-41-93-73(109)29-15-12-18-43-106-67-37-35-59-61(48-57(131(121,122)123)50-70(59)133(127,128)129)75(67)88(8,9)72(106)28-14-11-13-27-71-87(6,7)74-60-47-56(130(118,119)120)49-69(132(124,125)126)58(60)34-36-66(74)104(71)10/h11,13-14,27-28,30-37,47-52,62-65,68,76H,12,15-26,29,38-46,89H2,1-10H3,(H18-,90,91,92,93,94,95,96,97,98,99,100,101,108,109,110,111,112,113,115,116,117,118,119,120,121,122,123,124,125,126,127,128,129)/p+1/t62-,63-,64-,65-,68-,76+/m0/s1. The third kappa shape index (κ3) is 27.7. The van der Waals surface area contributed by atoms with Crippen LogP contribution in [0.5, 0.6) is 5.75 Å². The number of allylic oxidation sites excluding steroid dienone is 6. The molecule has 6 aromatic rings. The van der Waals surface area contributed by atoms with Crippen LogP contribution in [0.3, 0.4) is 0 Å². The maximum Gasteiger partial charge on any atom is 0.326 e. The first-order chi connectivity index (χ1) is 62.2. The molecule has 5 aromatic carbocycles. The molecule has 0 aliphatic carbocycles. The number of fused-ring (bicyclic) bond motifs is 6. The number of carboxylic acids is 1. The molecule has 9 rings (SSSR count). The van der Waals surface area contributed by atoms with E-state index in [0.29, 0.717) is 128 Å². The molecular formula is C88H122N19O22S4+. The van der Waals surface area contributed by atoms with Gasteiger partial charge in [0.1, 0.15) is 52.8 Å². The van der Waals surface area contributed by atoms with Gasteiger partial charge in [-0.3, -0.25) is 67.8 Å². The molecule has 8 amide bonds. The maximum atomic E-state index is 14.6. The molecule has 3 aliphatic rings. The second-order valence-electron chi connectivity index (χ2n) is 35.9. The number of nitrogens with two attached hydrogens (primary N) is 2. The van der Waals surface area contributed by atoms with Gasteiger partial charge in [0.15, 0.2) is 17.6 Å². The number of aromatic nitrogens is 3. The van der Waals surface area contributed by atoms with Crippen LogP contribution in [0.4, 0.5) is 16.2 Å². The second kappa shape index (κ2) is 44.3. The number of carboxylic acid groups (broad SMARTS) is 1. The molecule has 0 unspecified atom stereocenters. The first-order valence-electron chi connectivity index (χ1n) is 43.6. The Labute approximate surface area is 773 Å². The Bertz CT molecular complexity index is 6030. The zero-order valence-corrected chi connectivity index (χ0v) is 79.1. The predicted molar refractivity (Wildman–Crippen MR) is 496 cm³/mol. The Balaban J connectivity index is 0.699. The number of amides is 8. The first kappa shape index (κ1) is 105. The summed E-state index contributed by atoms with van der Waals surface area (Å²) in [5.41, 5.74) is 13.8. The van der Waals surface area contributed by atoms with Crippen molar-refractivity contribution in [3.8, 4) is 5.75 Å². The molecule has 21 N–H and O–H groups in total. The number of aromatic hydroxyl groups is 1. The number of hydrogen-bond donors (Lipinski definition) is 19. The van der Waals surface area contributed by atoms with Crippen LogP contribution >= 0.6 is 0 Å². The van der Waals surface area contributed by atoms with Crippen LogP contribution in [-0.4, -0.2) is 234 Å². The molecule has 724 valence electrons. The molecule has 4 heterocycles. The largest absolute Gasteiger partial charge is 0.508 e. The number of aliphatic carboxylic acids is 1. The SMILES string of the molecule is CC(C)C[C@H](NC(=O)[C@@H](NC(=O)[C@H](Cc1ccc(O)cc1)NC(=O)[C@@H]1CCCN1C(=O)[C@H](CCCNC(=N)N)NC(=O)[C@@H](N)CCCNC(=N)NC(=O)NCCCCc1cn(CCCNC(=O)CCCCCN2/C(=C/C=C/C=C/C3=[N+](C)c4ccc5c(S(=O)(=O)O)cc(S(=O)(=O)O)cc5c4C3(C)C)C(C)(C)c3c2ccc2c(S(=O)(=O)O)cc(S(=O)(=O)O)cc32)nn1)C(C)(C)C)C(=O)O. The Hall–Kier alpha value is -11.9. The number of hydrogen-bond acceptors (Lipinski definition) is 23. The van der Waals surface area contributed by atoms with Crippen molar-refractivity contribution in [1.29, 1.82) is 10.8 Å². The van der Waals surface area contributed by atoms with E-state index >= 15 is 0 Å². The van der Waals surface area contributed by atoms with Crippen LogP contribution < -0.4 is 64.2 Å². The van der Waals surface area contributed by atoms with E-state index in [1.165, 1.54) is 29.2 Å². The van der Waals surface area contributed by atoms with E-state index in [-0.39, 0.29) is 129 Å². The minimum absolute atomic E-state index is 0.00607. The summed E-state index contributed by atoms with van der Waals surface area (Å²) in [6, 6.07) is 7.80. The van der Waals surface area contributed by atoms with Crippen LogP contribution in [0.1, 0.15) is 175 Å². The minimum Gasteiger partial charge on any atom is -0.508 e. The number of carbonyl (C=O) groups excluding carboxylic acids is 7. The number of phenolic OH excluding ortho intramolecular Hbond substituents is 1. The van der Waals surface area contributed by atoms with Crippen LogP contribution in [0, 0.1) is 22.2 Å². The average Bonchev–Trinajstić information content (AvgIpc) is 1.57. The number of unbranched alkanes of at least 4 members (excludes halogenated alkanes) is 3. The Morgan fingerprint density at radius 1 is 0.639 bits per heavy atom. The summed E-state index contributed by atoms with van der Waals surface area (Å²) in [5, 5.41) is 68.9. The lowest BCUT2D eigenvalue weighted by atomic mass is 9.79. The monoisotopic (exact) mass is 1920 g/mol. The van der Waals surface area contributed by atoms with Gasteiger partial charge < -0.3 is 74.0 Å². The zero-order chi connectivity index (χ0) is 98.2. The fourth-order valence-electron chi connectivity index (χ4n) is 16.9. The second-order valence-corrected chi connectivity index (χ2v) is 41.5. The summed E-state index contributed by atoms with van der Waals surface area (Å²) < 4.78 is 145. The molecule has 1 aromatic heterocycles. The third-order valence-electron chi connectivity index (χ3n) is 23.5. The van der Waals surface area contributed by atoms with Crippen molar-refractivity contribution in [1.82, 2.24) is 67.7 Å². The van der Waals surface area contributed by atoms with Gasteiger partial charge >= 0.3 is 12.0 Å². The zero-order valence-electron chi connectivity index (χ0n) is 75.9. The highest BCUT2D eigenvalue weighted by molar-refractivity contribution is 7.87. The van der Waals surface area contributed by atoms with Gasteiger partial charge in [0.2, 0.25) is 41.1 Å². The van der Waals surface area contributed by atoms with Crippen LogP contribution in [0.2, 0.25) is 0 Å². The topological polar surface area (TPSA) is 643 Å². The number of phenols is 1. The molecule has 1 fully saturated rings. The maximum absolute atomic E-state index is 14.6. The van der Waals surface area contributed by atoms with E-state index in [9.17, 15) is 100 Å². The van der Waals surface area contributed by atoms with Crippen LogP contribution in [0.15, 0.2) is 135 Å².